The molecule has 3 heterocycles. The summed E-state index contributed by atoms with van der Waals surface area (Å²) in [4.78, 5) is 43.5. The molecule has 138 valence electrons. The number of carbonyl (C=O) groups is 1. The summed E-state index contributed by atoms with van der Waals surface area (Å²) >= 11 is 0. The van der Waals surface area contributed by atoms with E-state index in [0.717, 1.165) is 28.7 Å². The molecule has 2 aromatic heterocycles. The van der Waals surface area contributed by atoms with Crippen LogP contribution in [0.1, 0.15) is 22.3 Å². The highest BCUT2D eigenvalue weighted by atomic mass is 16.2. The number of aromatic nitrogens is 3. The molecule has 0 saturated carbocycles. The minimum absolute atomic E-state index is 0.232. The quantitative estimate of drug-likeness (QED) is 0.643. The number of nitrogen functional groups attached to an aromatic ring is 1. The number of amides is 1. The molecule has 4 rings (SSSR count). The van der Waals surface area contributed by atoms with Crippen LogP contribution in [0.4, 0.5) is 11.4 Å². The Bertz CT molecular complexity index is 1210. The molecule has 1 amide bonds. The van der Waals surface area contributed by atoms with E-state index in [0.29, 0.717) is 17.8 Å². The summed E-state index contributed by atoms with van der Waals surface area (Å²) in [6.07, 6.45) is 3.04. The normalized spacial score (nSPS) is 13.6. The second-order valence-electron chi connectivity index (χ2n) is 6.71. The third-order valence-electron chi connectivity index (χ3n) is 5.07. The molecule has 0 radical (unpaired) electrons. The molecule has 1 aliphatic heterocycles. The first-order chi connectivity index (χ1) is 12.9. The van der Waals surface area contributed by atoms with E-state index < -0.39 is 11.2 Å². The van der Waals surface area contributed by atoms with Crippen molar-refractivity contribution in [1.29, 1.82) is 0 Å². The average molecular weight is 365 g/mol. The SMILES string of the molecule is Cn1c(=O)c2cc(C(=O)N3CCCc4c(N)cccc43)cnc2n(C)c1=O. The van der Waals surface area contributed by atoms with Gasteiger partial charge in [0.05, 0.1) is 10.9 Å². The summed E-state index contributed by atoms with van der Waals surface area (Å²) < 4.78 is 2.30. The lowest BCUT2D eigenvalue weighted by molar-refractivity contribution is 0.0985. The van der Waals surface area contributed by atoms with Crippen molar-refractivity contribution >= 4 is 28.3 Å². The molecule has 0 fully saturated rings. The monoisotopic (exact) mass is 365 g/mol. The maximum Gasteiger partial charge on any atom is 0.332 e. The molecule has 0 bridgehead atoms. The largest absolute Gasteiger partial charge is 0.398 e. The number of carbonyl (C=O) groups excluding carboxylic acids is 1. The summed E-state index contributed by atoms with van der Waals surface area (Å²) in [7, 11) is 2.95. The first-order valence-electron chi connectivity index (χ1n) is 8.65. The molecule has 0 aliphatic carbocycles. The molecule has 0 atom stereocenters. The molecule has 0 saturated heterocycles. The Kier molecular flexibility index (Phi) is 3.83. The molecule has 3 aromatic rings. The molecule has 1 aromatic carbocycles. The van der Waals surface area contributed by atoms with Gasteiger partial charge in [-0.3, -0.25) is 18.7 Å². The van der Waals surface area contributed by atoms with Gasteiger partial charge in [-0.1, -0.05) is 6.07 Å². The number of hydrogen-bond donors (Lipinski definition) is 1. The molecule has 0 spiro atoms. The van der Waals surface area contributed by atoms with Crippen LogP contribution in [0.25, 0.3) is 11.0 Å². The maximum absolute atomic E-state index is 13.1. The van der Waals surface area contributed by atoms with Crippen molar-refractivity contribution < 1.29 is 4.79 Å². The van der Waals surface area contributed by atoms with Crippen LogP contribution in [0.3, 0.4) is 0 Å². The number of pyridine rings is 1. The smallest absolute Gasteiger partial charge is 0.332 e. The van der Waals surface area contributed by atoms with Crippen LogP contribution < -0.4 is 21.9 Å². The lowest BCUT2D eigenvalue weighted by atomic mass is 9.99. The van der Waals surface area contributed by atoms with Gasteiger partial charge in [0.15, 0.2) is 0 Å². The number of nitrogens with two attached hydrogens (primary N) is 1. The van der Waals surface area contributed by atoms with Crippen molar-refractivity contribution in [2.75, 3.05) is 17.2 Å². The standard InChI is InChI=1S/C19H19N5O3/c1-22-16-13(18(26)23(2)19(22)27)9-11(10-21-16)17(25)24-8-4-5-12-14(20)6-3-7-15(12)24/h3,6-7,9-10H,4-5,8,20H2,1-2H3. The average Bonchev–Trinajstić information content (AvgIpc) is 2.69. The van der Waals surface area contributed by atoms with Crippen molar-refractivity contribution in [2.24, 2.45) is 14.1 Å². The number of nitrogens with zero attached hydrogens (tertiary/aromatic N) is 4. The van der Waals surface area contributed by atoms with Gasteiger partial charge in [0.2, 0.25) is 0 Å². The van der Waals surface area contributed by atoms with Crippen LogP contribution in [0.15, 0.2) is 40.1 Å². The van der Waals surface area contributed by atoms with Crippen molar-refractivity contribution in [3.63, 3.8) is 0 Å². The van der Waals surface area contributed by atoms with Gasteiger partial charge in [0.25, 0.3) is 11.5 Å². The van der Waals surface area contributed by atoms with Gasteiger partial charge in [0, 0.05) is 38.2 Å². The summed E-state index contributed by atoms with van der Waals surface area (Å²) in [6, 6.07) is 7.03. The van der Waals surface area contributed by atoms with E-state index in [4.69, 9.17) is 5.73 Å². The van der Waals surface area contributed by atoms with Gasteiger partial charge < -0.3 is 10.6 Å². The van der Waals surface area contributed by atoms with Crippen molar-refractivity contribution in [3.8, 4) is 0 Å². The molecule has 2 N–H and O–H groups in total. The predicted molar refractivity (Wildman–Crippen MR) is 103 cm³/mol. The van der Waals surface area contributed by atoms with Gasteiger partial charge in [-0.2, -0.15) is 0 Å². The molecule has 27 heavy (non-hydrogen) atoms. The second-order valence-corrected chi connectivity index (χ2v) is 6.71. The molecule has 0 unspecified atom stereocenters. The molecular weight excluding hydrogens is 346 g/mol. The number of hydrogen-bond acceptors (Lipinski definition) is 5. The Morgan fingerprint density at radius 1 is 1.19 bits per heavy atom. The third-order valence-corrected chi connectivity index (χ3v) is 5.07. The summed E-state index contributed by atoms with van der Waals surface area (Å²) in [5.41, 5.74) is 8.10. The van der Waals surface area contributed by atoms with Crippen LogP contribution >= 0.6 is 0 Å². The minimum atomic E-state index is -0.474. The Labute approximate surface area is 154 Å². The minimum Gasteiger partial charge on any atom is -0.398 e. The third kappa shape index (κ3) is 2.52. The zero-order valence-electron chi connectivity index (χ0n) is 15.1. The number of aryl methyl sites for hydroxylation is 1. The molecule has 8 heteroatoms. The van der Waals surface area contributed by atoms with Crippen molar-refractivity contribution in [3.05, 3.63) is 62.4 Å². The number of benzene rings is 1. The van der Waals surface area contributed by atoms with E-state index in [9.17, 15) is 14.4 Å². The molecule has 8 nitrogen and oxygen atoms in total. The predicted octanol–water partition coefficient (Wildman–Crippen LogP) is 0.807. The van der Waals surface area contributed by atoms with Gasteiger partial charge >= 0.3 is 5.69 Å². The summed E-state index contributed by atoms with van der Waals surface area (Å²) in [6.45, 7) is 0.568. The number of fused-ring (bicyclic) bond motifs is 2. The van der Waals surface area contributed by atoms with Crippen LogP contribution in [-0.4, -0.2) is 26.6 Å². The highest BCUT2D eigenvalue weighted by Gasteiger charge is 2.25. The number of anilines is 2. The summed E-state index contributed by atoms with van der Waals surface area (Å²) in [5.74, 6) is -0.244. The summed E-state index contributed by atoms with van der Waals surface area (Å²) in [5, 5.41) is 0.232. The van der Waals surface area contributed by atoms with E-state index in [-0.39, 0.29) is 16.9 Å². The first kappa shape index (κ1) is 17.0. The molecule has 1 aliphatic rings. The van der Waals surface area contributed by atoms with E-state index in [1.807, 2.05) is 18.2 Å². The van der Waals surface area contributed by atoms with E-state index in [1.54, 1.807) is 11.9 Å². The fraction of sp³-hybridized carbons (Fsp3) is 0.263. The zero-order chi connectivity index (χ0) is 19.3. The van der Waals surface area contributed by atoms with Crippen molar-refractivity contribution in [2.45, 2.75) is 12.8 Å². The fourth-order valence-corrected chi connectivity index (χ4v) is 3.60. The Hall–Kier alpha value is -3.42. The van der Waals surface area contributed by atoms with Gasteiger partial charge in [-0.05, 0) is 36.6 Å². The lowest BCUT2D eigenvalue weighted by Gasteiger charge is -2.30. The van der Waals surface area contributed by atoms with E-state index in [2.05, 4.69) is 4.98 Å². The van der Waals surface area contributed by atoms with Crippen LogP contribution in [0.2, 0.25) is 0 Å². The first-order valence-corrected chi connectivity index (χ1v) is 8.65. The van der Waals surface area contributed by atoms with Crippen LogP contribution in [-0.2, 0) is 20.5 Å². The molecular formula is C19H19N5O3. The van der Waals surface area contributed by atoms with Crippen molar-refractivity contribution in [1.82, 2.24) is 14.1 Å². The van der Waals surface area contributed by atoms with Crippen LogP contribution in [0, 0.1) is 0 Å². The maximum atomic E-state index is 13.1. The Morgan fingerprint density at radius 2 is 1.96 bits per heavy atom. The lowest BCUT2D eigenvalue weighted by Crippen LogP contribution is -2.38. The Balaban J connectivity index is 1.85. The highest BCUT2D eigenvalue weighted by Crippen LogP contribution is 2.32. The highest BCUT2D eigenvalue weighted by molar-refractivity contribution is 6.08. The van der Waals surface area contributed by atoms with E-state index in [1.165, 1.54) is 23.9 Å². The van der Waals surface area contributed by atoms with Gasteiger partial charge in [-0.25, -0.2) is 9.78 Å². The van der Waals surface area contributed by atoms with Gasteiger partial charge in [-0.15, -0.1) is 0 Å². The zero-order valence-corrected chi connectivity index (χ0v) is 15.1. The topological polar surface area (TPSA) is 103 Å². The number of rotatable bonds is 1. The second kappa shape index (κ2) is 6.08. The van der Waals surface area contributed by atoms with Crippen LogP contribution in [0.5, 0.6) is 0 Å². The van der Waals surface area contributed by atoms with Gasteiger partial charge in [0.1, 0.15) is 5.65 Å². The fourth-order valence-electron chi connectivity index (χ4n) is 3.60. The Morgan fingerprint density at radius 3 is 2.74 bits per heavy atom. The van der Waals surface area contributed by atoms with E-state index >= 15 is 0 Å².